The van der Waals surface area contributed by atoms with E-state index in [9.17, 15) is 4.79 Å². The van der Waals surface area contributed by atoms with Crippen molar-refractivity contribution in [2.45, 2.75) is 53.0 Å². The van der Waals surface area contributed by atoms with E-state index in [-0.39, 0.29) is 11.9 Å². The van der Waals surface area contributed by atoms with Crippen LogP contribution in [0.2, 0.25) is 0 Å². The van der Waals surface area contributed by atoms with E-state index in [4.69, 9.17) is 12.2 Å². The minimum Gasteiger partial charge on any atom is -0.356 e. The molecule has 6 heteroatoms. The molecule has 1 rings (SSSR count). The fourth-order valence-corrected chi connectivity index (χ4v) is 2.23. The van der Waals surface area contributed by atoms with Crippen LogP contribution in [-0.2, 0) is 11.2 Å². The van der Waals surface area contributed by atoms with Crippen molar-refractivity contribution >= 4 is 18.1 Å². The summed E-state index contributed by atoms with van der Waals surface area (Å²) in [5, 5.41) is 9.92. The first-order valence-corrected chi connectivity index (χ1v) is 7.25. The van der Waals surface area contributed by atoms with Gasteiger partial charge in [-0.1, -0.05) is 13.8 Å². The maximum atomic E-state index is 11.6. The lowest BCUT2D eigenvalue weighted by molar-refractivity contribution is -0.121. The van der Waals surface area contributed by atoms with Crippen molar-refractivity contribution in [3.05, 3.63) is 10.6 Å². The summed E-state index contributed by atoms with van der Waals surface area (Å²) in [6, 6.07) is 0.276. The van der Waals surface area contributed by atoms with Gasteiger partial charge in [0, 0.05) is 25.4 Å². The molecule has 19 heavy (non-hydrogen) atoms. The van der Waals surface area contributed by atoms with Crippen LogP contribution in [0.1, 0.15) is 52.4 Å². The van der Waals surface area contributed by atoms with Gasteiger partial charge < -0.3 is 9.88 Å². The summed E-state index contributed by atoms with van der Waals surface area (Å²) in [6.07, 6.45) is 2.21. The molecule has 0 aliphatic carbocycles. The van der Waals surface area contributed by atoms with Gasteiger partial charge in [0.2, 0.25) is 5.91 Å². The van der Waals surface area contributed by atoms with E-state index in [2.05, 4.69) is 43.2 Å². The Hall–Kier alpha value is -1.17. The zero-order valence-electron chi connectivity index (χ0n) is 12.2. The van der Waals surface area contributed by atoms with Crippen LogP contribution in [0.15, 0.2) is 0 Å². The van der Waals surface area contributed by atoms with Crippen LogP contribution in [0.4, 0.5) is 0 Å². The third-order valence-corrected chi connectivity index (χ3v) is 3.20. The van der Waals surface area contributed by atoms with Crippen molar-refractivity contribution in [2.24, 2.45) is 5.92 Å². The molecule has 0 fully saturated rings. The average Bonchev–Trinajstić information content (AvgIpc) is 2.68. The summed E-state index contributed by atoms with van der Waals surface area (Å²) in [5.74, 6) is 1.56. The maximum Gasteiger partial charge on any atom is 0.220 e. The highest BCUT2D eigenvalue weighted by Crippen LogP contribution is 2.08. The number of carbonyl (C=O) groups is 1. The molecule has 0 aromatic carbocycles. The predicted octanol–water partition coefficient (Wildman–Crippen LogP) is 2.62. The van der Waals surface area contributed by atoms with Gasteiger partial charge in [-0.25, -0.2) is 0 Å². The molecule has 1 heterocycles. The Morgan fingerprint density at radius 1 is 1.42 bits per heavy atom. The second-order valence-electron chi connectivity index (χ2n) is 5.44. The van der Waals surface area contributed by atoms with E-state index in [0.29, 0.717) is 30.1 Å². The van der Waals surface area contributed by atoms with E-state index in [1.54, 1.807) is 0 Å². The van der Waals surface area contributed by atoms with Crippen molar-refractivity contribution in [1.82, 2.24) is 20.1 Å². The Morgan fingerprint density at radius 3 is 2.68 bits per heavy atom. The largest absolute Gasteiger partial charge is 0.356 e. The van der Waals surface area contributed by atoms with E-state index >= 15 is 0 Å². The number of nitrogens with one attached hydrogen (secondary N) is 2. The van der Waals surface area contributed by atoms with Gasteiger partial charge in [-0.15, -0.1) is 0 Å². The van der Waals surface area contributed by atoms with Crippen molar-refractivity contribution in [3.8, 4) is 0 Å². The smallest absolute Gasteiger partial charge is 0.220 e. The molecule has 0 aliphatic rings. The van der Waals surface area contributed by atoms with Crippen molar-refractivity contribution < 1.29 is 4.79 Å². The van der Waals surface area contributed by atoms with Crippen molar-refractivity contribution in [3.63, 3.8) is 0 Å². The molecule has 108 valence electrons. The summed E-state index contributed by atoms with van der Waals surface area (Å²) in [6.45, 7) is 8.97. The molecule has 0 atom stereocenters. The normalized spacial score (nSPS) is 11.3. The van der Waals surface area contributed by atoms with Gasteiger partial charge in [0.1, 0.15) is 5.82 Å². The standard InChI is InChI=1S/C13H24N4OS/c1-9(2)5-6-12(18)14-8-7-11-15-16-13(19)17(11)10(3)4/h9-10H,5-8H2,1-4H3,(H,14,18)(H,16,19). The molecule has 0 unspecified atom stereocenters. The van der Waals surface area contributed by atoms with Crippen LogP contribution in [0.5, 0.6) is 0 Å². The molecule has 1 amide bonds. The number of H-pyrrole nitrogens is 1. The monoisotopic (exact) mass is 284 g/mol. The fraction of sp³-hybridized carbons (Fsp3) is 0.769. The zero-order chi connectivity index (χ0) is 14.4. The number of nitrogens with zero attached hydrogens (tertiary/aromatic N) is 2. The van der Waals surface area contributed by atoms with E-state index in [0.717, 1.165) is 12.2 Å². The summed E-state index contributed by atoms with van der Waals surface area (Å²) in [4.78, 5) is 11.6. The molecule has 0 aliphatic heterocycles. The molecule has 1 aromatic rings. The van der Waals surface area contributed by atoms with Crippen LogP contribution in [-0.4, -0.2) is 27.2 Å². The molecule has 2 N–H and O–H groups in total. The van der Waals surface area contributed by atoms with Crippen LogP contribution in [0.25, 0.3) is 0 Å². The van der Waals surface area contributed by atoms with Crippen molar-refractivity contribution in [1.29, 1.82) is 0 Å². The summed E-state index contributed by atoms with van der Waals surface area (Å²) < 4.78 is 2.62. The third-order valence-electron chi connectivity index (χ3n) is 2.91. The third kappa shape index (κ3) is 5.14. The van der Waals surface area contributed by atoms with Gasteiger partial charge in [-0.2, -0.15) is 5.10 Å². The Bertz CT molecular complexity index is 461. The molecule has 0 radical (unpaired) electrons. The lowest BCUT2D eigenvalue weighted by Crippen LogP contribution is -2.26. The number of carbonyl (C=O) groups excluding carboxylic acids is 1. The summed E-state index contributed by atoms with van der Waals surface area (Å²) >= 11 is 5.18. The number of amides is 1. The lowest BCUT2D eigenvalue weighted by Gasteiger charge is -2.11. The predicted molar refractivity (Wildman–Crippen MR) is 78.6 cm³/mol. The van der Waals surface area contributed by atoms with E-state index < -0.39 is 0 Å². The second-order valence-corrected chi connectivity index (χ2v) is 5.83. The van der Waals surface area contributed by atoms with Crippen LogP contribution < -0.4 is 5.32 Å². The molecule has 1 aromatic heterocycles. The van der Waals surface area contributed by atoms with Gasteiger partial charge in [-0.05, 0) is 38.4 Å². The zero-order valence-corrected chi connectivity index (χ0v) is 13.0. The number of aromatic nitrogens is 3. The van der Waals surface area contributed by atoms with Gasteiger partial charge in [-0.3, -0.25) is 9.89 Å². The molecule has 5 nitrogen and oxygen atoms in total. The summed E-state index contributed by atoms with van der Waals surface area (Å²) in [7, 11) is 0. The van der Waals surface area contributed by atoms with Gasteiger partial charge >= 0.3 is 0 Å². The minimum absolute atomic E-state index is 0.110. The first kappa shape index (κ1) is 15.9. The summed E-state index contributed by atoms with van der Waals surface area (Å²) in [5.41, 5.74) is 0. The van der Waals surface area contributed by atoms with Gasteiger partial charge in [0.05, 0.1) is 0 Å². The maximum absolute atomic E-state index is 11.6. The average molecular weight is 284 g/mol. The number of aromatic amines is 1. The highest BCUT2D eigenvalue weighted by molar-refractivity contribution is 7.71. The van der Waals surface area contributed by atoms with Crippen LogP contribution >= 0.6 is 12.2 Å². The first-order chi connectivity index (χ1) is 8.91. The number of hydrogen-bond donors (Lipinski definition) is 2. The van der Waals surface area contributed by atoms with Gasteiger partial charge in [0.25, 0.3) is 0 Å². The van der Waals surface area contributed by atoms with Crippen LogP contribution in [0.3, 0.4) is 0 Å². The van der Waals surface area contributed by atoms with Crippen molar-refractivity contribution in [2.75, 3.05) is 6.54 Å². The SMILES string of the molecule is CC(C)CCC(=O)NCCc1n[nH]c(=S)n1C(C)C. The number of rotatable bonds is 7. The second kappa shape index (κ2) is 7.43. The molecule has 0 spiro atoms. The van der Waals surface area contributed by atoms with E-state index in [1.165, 1.54) is 0 Å². The molecular weight excluding hydrogens is 260 g/mol. The Morgan fingerprint density at radius 2 is 2.11 bits per heavy atom. The molecule has 0 saturated carbocycles. The first-order valence-electron chi connectivity index (χ1n) is 6.84. The van der Waals surface area contributed by atoms with Crippen LogP contribution in [0, 0.1) is 10.7 Å². The number of hydrogen-bond acceptors (Lipinski definition) is 3. The molecule has 0 bridgehead atoms. The lowest BCUT2D eigenvalue weighted by atomic mass is 10.1. The van der Waals surface area contributed by atoms with Gasteiger partial charge in [0.15, 0.2) is 4.77 Å². The Balaban J connectivity index is 2.41. The minimum atomic E-state index is 0.110. The fourth-order valence-electron chi connectivity index (χ4n) is 1.87. The Kier molecular flexibility index (Phi) is 6.21. The highest BCUT2D eigenvalue weighted by Gasteiger charge is 2.09. The molecular formula is C13H24N4OS. The quantitative estimate of drug-likeness (QED) is 0.757. The van der Waals surface area contributed by atoms with E-state index in [1.807, 2.05) is 4.57 Å². The topological polar surface area (TPSA) is 62.7 Å². The molecule has 0 saturated heterocycles. The highest BCUT2D eigenvalue weighted by atomic mass is 32.1. The Labute approximate surface area is 119 Å².